The Kier molecular flexibility index (Phi) is 2.07. The van der Waals surface area contributed by atoms with E-state index in [0.717, 1.165) is 24.0 Å². The number of likely N-dealkylation sites (N-methyl/N-ethyl adjacent to an activating group) is 1. The quantitative estimate of drug-likeness (QED) is 0.707. The smallest absolute Gasteiger partial charge is 0.124 e. The molecule has 2 aliphatic rings. The molecule has 3 nitrogen and oxygen atoms in total. The molecule has 0 radical (unpaired) electrons. The maximum Gasteiger partial charge on any atom is 0.124 e. The predicted octanol–water partition coefficient (Wildman–Crippen LogP) is 2.17. The Labute approximate surface area is 112 Å². The lowest BCUT2D eigenvalue weighted by atomic mass is 9.73. The van der Waals surface area contributed by atoms with Gasteiger partial charge in [0.15, 0.2) is 0 Å². The van der Waals surface area contributed by atoms with Gasteiger partial charge in [-0.2, -0.15) is 0 Å². The third-order valence-electron chi connectivity index (χ3n) is 4.64. The maximum absolute atomic E-state index is 11.3. The summed E-state index contributed by atoms with van der Waals surface area (Å²) in [6.45, 7) is 3.03. The van der Waals surface area contributed by atoms with Crippen LogP contribution in [0.15, 0.2) is 36.0 Å². The van der Waals surface area contributed by atoms with Gasteiger partial charge < -0.3 is 10.1 Å². The normalized spacial score (nSPS) is 30.3. The Morgan fingerprint density at radius 1 is 1.42 bits per heavy atom. The van der Waals surface area contributed by atoms with Gasteiger partial charge in [-0.25, -0.2) is 0 Å². The molecule has 0 fully saturated rings. The molecule has 2 aromatic rings. The summed E-state index contributed by atoms with van der Waals surface area (Å²) in [6.07, 6.45) is 5.04. The molecule has 0 spiro atoms. The molecule has 0 amide bonds. The zero-order valence-corrected chi connectivity index (χ0v) is 11.3. The van der Waals surface area contributed by atoms with Crippen LogP contribution in [-0.4, -0.2) is 34.6 Å². The third kappa shape index (κ3) is 1.34. The summed E-state index contributed by atoms with van der Waals surface area (Å²) >= 11 is 0. The highest BCUT2D eigenvalue weighted by Gasteiger charge is 2.46. The van der Waals surface area contributed by atoms with E-state index in [4.69, 9.17) is 0 Å². The van der Waals surface area contributed by atoms with Crippen molar-refractivity contribution in [1.29, 1.82) is 0 Å². The minimum atomic E-state index is -0.855. The first-order chi connectivity index (χ1) is 9.09. The fourth-order valence-electron chi connectivity index (χ4n) is 3.88. The number of nitrogens with zero attached hydrogens (tertiary/aromatic N) is 1. The van der Waals surface area contributed by atoms with Crippen molar-refractivity contribution in [2.75, 3.05) is 13.6 Å². The van der Waals surface area contributed by atoms with Crippen LogP contribution >= 0.6 is 0 Å². The van der Waals surface area contributed by atoms with Gasteiger partial charge in [-0.15, -0.1) is 0 Å². The SMILES string of the molecule is CC1=C[C@]2(O)c3cccc4[nH]cc(c34)C[C@@H]2N(C)C1. The summed E-state index contributed by atoms with van der Waals surface area (Å²) in [5.74, 6) is 0. The van der Waals surface area contributed by atoms with Crippen molar-refractivity contribution >= 4 is 10.9 Å². The second-order valence-electron chi connectivity index (χ2n) is 5.99. The summed E-state index contributed by atoms with van der Waals surface area (Å²) in [6, 6.07) is 6.30. The fraction of sp³-hybridized carbons (Fsp3) is 0.375. The van der Waals surface area contributed by atoms with Gasteiger partial charge in [0, 0.05) is 23.6 Å². The molecule has 0 bridgehead atoms. The summed E-state index contributed by atoms with van der Waals surface area (Å²) in [5.41, 5.74) is 3.87. The fourth-order valence-corrected chi connectivity index (χ4v) is 3.88. The van der Waals surface area contributed by atoms with Crippen LogP contribution in [0.4, 0.5) is 0 Å². The lowest BCUT2D eigenvalue weighted by molar-refractivity contribution is -0.0139. The van der Waals surface area contributed by atoms with Gasteiger partial charge in [0.25, 0.3) is 0 Å². The molecule has 2 atom stereocenters. The van der Waals surface area contributed by atoms with Crippen molar-refractivity contribution in [3.05, 3.63) is 47.2 Å². The highest BCUT2D eigenvalue weighted by atomic mass is 16.3. The van der Waals surface area contributed by atoms with Gasteiger partial charge in [-0.05, 0) is 43.7 Å². The molecule has 1 aromatic carbocycles. The molecule has 1 aromatic heterocycles. The topological polar surface area (TPSA) is 39.3 Å². The minimum absolute atomic E-state index is 0.130. The van der Waals surface area contributed by atoms with E-state index in [2.05, 4.69) is 48.3 Å². The average Bonchev–Trinajstić information content (AvgIpc) is 2.76. The Balaban J connectivity index is 2.06. The summed E-state index contributed by atoms with van der Waals surface area (Å²) in [5, 5.41) is 12.5. The number of H-pyrrole nitrogens is 1. The van der Waals surface area contributed by atoms with E-state index in [0.29, 0.717) is 0 Å². The number of benzene rings is 1. The van der Waals surface area contributed by atoms with Crippen LogP contribution in [0.3, 0.4) is 0 Å². The van der Waals surface area contributed by atoms with E-state index >= 15 is 0 Å². The number of fused-ring (bicyclic) bond motifs is 2. The molecule has 19 heavy (non-hydrogen) atoms. The molecule has 4 rings (SSSR count). The van der Waals surface area contributed by atoms with Gasteiger partial charge >= 0.3 is 0 Å². The van der Waals surface area contributed by atoms with Crippen LogP contribution in [-0.2, 0) is 12.0 Å². The molecule has 98 valence electrons. The molecule has 0 saturated carbocycles. The van der Waals surface area contributed by atoms with Crippen LogP contribution in [0.1, 0.15) is 18.1 Å². The number of aromatic amines is 1. The second-order valence-corrected chi connectivity index (χ2v) is 5.99. The number of hydrogen-bond donors (Lipinski definition) is 2. The molecular weight excluding hydrogens is 236 g/mol. The third-order valence-corrected chi connectivity index (χ3v) is 4.64. The van der Waals surface area contributed by atoms with Crippen molar-refractivity contribution in [3.8, 4) is 0 Å². The van der Waals surface area contributed by atoms with Gasteiger partial charge in [0.2, 0.25) is 0 Å². The Bertz CT molecular complexity index is 700. The van der Waals surface area contributed by atoms with Crippen molar-refractivity contribution in [2.24, 2.45) is 0 Å². The van der Waals surface area contributed by atoms with Crippen LogP contribution < -0.4 is 0 Å². The average molecular weight is 254 g/mol. The van der Waals surface area contributed by atoms with E-state index in [1.54, 1.807) is 0 Å². The van der Waals surface area contributed by atoms with Gasteiger partial charge in [-0.3, -0.25) is 4.90 Å². The van der Waals surface area contributed by atoms with Gasteiger partial charge in [0.05, 0.1) is 6.04 Å². The van der Waals surface area contributed by atoms with E-state index in [9.17, 15) is 5.11 Å². The zero-order valence-electron chi connectivity index (χ0n) is 11.3. The predicted molar refractivity (Wildman–Crippen MR) is 76.1 cm³/mol. The molecular formula is C16H18N2O. The Morgan fingerprint density at radius 2 is 2.26 bits per heavy atom. The first kappa shape index (κ1) is 11.3. The molecule has 0 unspecified atom stereocenters. The van der Waals surface area contributed by atoms with E-state index in [-0.39, 0.29) is 6.04 Å². The molecule has 0 saturated heterocycles. The van der Waals surface area contributed by atoms with Crippen LogP contribution in [0.25, 0.3) is 10.9 Å². The van der Waals surface area contributed by atoms with Crippen LogP contribution in [0.2, 0.25) is 0 Å². The van der Waals surface area contributed by atoms with Crippen molar-refractivity contribution in [3.63, 3.8) is 0 Å². The van der Waals surface area contributed by atoms with E-state index < -0.39 is 5.60 Å². The largest absolute Gasteiger partial charge is 0.379 e. The minimum Gasteiger partial charge on any atom is -0.379 e. The van der Waals surface area contributed by atoms with Crippen LogP contribution in [0, 0.1) is 0 Å². The first-order valence-electron chi connectivity index (χ1n) is 6.80. The Morgan fingerprint density at radius 3 is 3.11 bits per heavy atom. The lowest BCUT2D eigenvalue weighted by Crippen LogP contribution is -2.54. The molecule has 2 heterocycles. The Hall–Kier alpha value is -1.58. The second kappa shape index (κ2) is 3.50. The van der Waals surface area contributed by atoms with E-state index in [1.807, 2.05) is 6.07 Å². The standard InChI is InChI=1S/C16H18N2O/c1-10-7-16(19)12-4-3-5-13-15(12)11(8-17-13)6-14(16)18(2)9-10/h3-5,7-8,14,17,19H,6,9H2,1-2H3/t14-,16-/m0/s1. The van der Waals surface area contributed by atoms with Crippen LogP contribution in [0.5, 0.6) is 0 Å². The van der Waals surface area contributed by atoms with Gasteiger partial charge in [0.1, 0.15) is 5.60 Å². The number of rotatable bonds is 0. The zero-order chi connectivity index (χ0) is 13.2. The number of aromatic nitrogens is 1. The van der Waals surface area contributed by atoms with Crippen molar-refractivity contribution < 1.29 is 5.11 Å². The number of nitrogens with one attached hydrogen (secondary N) is 1. The monoisotopic (exact) mass is 254 g/mol. The first-order valence-corrected chi connectivity index (χ1v) is 6.80. The van der Waals surface area contributed by atoms with E-state index in [1.165, 1.54) is 16.5 Å². The summed E-state index contributed by atoms with van der Waals surface area (Å²) in [7, 11) is 2.10. The molecule has 3 heteroatoms. The summed E-state index contributed by atoms with van der Waals surface area (Å²) in [4.78, 5) is 5.59. The number of hydrogen-bond acceptors (Lipinski definition) is 2. The van der Waals surface area contributed by atoms with Crippen molar-refractivity contribution in [1.82, 2.24) is 9.88 Å². The number of aliphatic hydroxyl groups is 1. The highest BCUT2D eigenvalue weighted by molar-refractivity contribution is 5.89. The summed E-state index contributed by atoms with van der Waals surface area (Å²) < 4.78 is 0. The van der Waals surface area contributed by atoms with Crippen molar-refractivity contribution in [2.45, 2.75) is 25.0 Å². The van der Waals surface area contributed by atoms with Gasteiger partial charge in [-0.1, -0.05) is 17.7 Å². The molecule has 2 N–H and O–H groups in total. The lowest BCUT2D eigenvalue weighted by Gasteiger charge is -2.46. The molecule has 1 aliphatic heterocycles. The highest BCUT2D eigenvalue weighted by Crippen LogP contribution is 2.44. The molecule has 1 aliphatic carbocycles. The maximum atomic E-state index is 11.3.